The van der Waals surface area contributed by atoms with Crippen LogP contribution in [0.3, 0.4) is 0 Å². The molecule has 2 aliphatic heterocycles. The number of pyridine rings is 1. The molecule has 2 saturated heterocycles. The molecule has 0 saturated carbocycles. The number of nitrogens with zero attached hydrogens (tertiary/aromatic N) is 5. The van der Waals surface area contributed by atoms with E-state index in [0.29, 0.717) is 18.2 Å². The number of H-pyrrole nitrogens is 1. The number of nitrogens with one attached hydrogen (secondary N) is 1. The number of aromatic amines is 1. The lowest BCUT2D eigenvalue weighted by atomic mass is 9.99. The van der Waals surface area contributed by atoms with Gasteiger partial charge in [-0.1, -0.05) is 18.6 Å². The van der Waals surface area contributed by atoms with E-state index in [1.165, 1.54) is 25.8 Å². The van der Waals surface area contributed by atoms with Crippen molar-refractivity contribution in [2.45, 2.75) is 31.7 Å². The molecule has 2 fully saturated rings. The standard InChI is InChI=1S/C27H28N6O/c34-27(33-14-13-32-12-4-2-5-21(32)18-33)25-17-20-15-19(7-8-22(20)30-25)16-26-29-11-9-24(31-26)23-6-1-3-10-28-23/h1,3,6-11,15,17,21,30H,2,4-5,12-14,16,18H2. The molecule has 0 aliphatic carbocycles. The maximum absolute atomic E-state index is 13.2. The SMILES string of the molecule is O=C(c1cc2cc(Cc3nccc(-c4ccccn4)n3)ccc2[nH]1)N1CCN2CCCCC2C1. The average Bonchev–Trinajstić information content (AvgIpc) is 3.32. The van der Waals surface area contributed by atoms with Gasteiger partial charge in [-0.3, -0.25) is 14.7 Å². The Hall–Kier alpha value is -3.58. The van der Waals surface area contributed by atoms with Crippen LogP contribution in [0.15, 0.2) is 60.9 Å². The van der Waals surface area contributed by atoms with Gasteiger partial charge in [0.05, 0.1) is 11.4 Å². The van der Waals surface area contributed by atoms with Crippen molar-refractivity contribution in [2.24, 2.45) is 0 Å². The topological polar surface area (TPSA) is 78.0 Å². The number of aromatic nitrogens is 4. The van der Waals surface area contributed by atoms with E-state index in [9.17, 15) is 4.79 Å². The van der Waals surface area contributed by atoms with Crippen LogP contribution in [0.25, 0.3) is 22.3 Å². The quantitative estimate of drug-likeness (QED) is 0.508. The molecule has 172 valence electrons. The summed E-state index contributed by atoms with van der Waals surface area (Å²) in [6.07, 6.45) is 7.92. The summed E-state index contributed by atoms with van der Waals surface area (Å²) < 4.78 is 0. The molecule has 1 amide bonds. The van der Waals surface area contributed by atoms with Crippen LogP contribution in [-0.2, 0) is 6.42 Å². The van der Waals surface area contributed by atoms with E-state index in [1.54, 1.807) is 12.4 Å². The van der Waals surface area contributed by atoms with Gasteiger partial charge in [-0.25, -0.2) is 9.97 Å². The van der Waals surface area contributed by atoms with E-state index in [4.69, 9.17) is 4.98 Å². The molecule has 34 heavy (non-hydrogen) atoms. The molecule has 0 spiro atoms. The highest BCUT2D eigenvalue weighted by Crippen LogP contribution is 2.24. The van der Waals surface area contributed by atoms with Crippen LogP contribution in [-0.4, -0.2) is 67.9 Å². The maximum Gasteiger partial charge on any atom is 0.270 e. The van der Waals surface area contributed by atoms with Gasteiger partial charge in [0.25, 0.3) is 5.91 Å². The Bertz CT molecular complexity index is 1320. The fourth-order valence-corrected chi connectivity index (χ4v) is 5.24. The normalized spacial score (nSPS) is 18.7. The first-order chi connectivity index (χ1) is 16.7. The van der Waals surface area contributed by atoms with E-state index in [2.05, 4.69) is 32.0 Å². The summed E-state index contributed by atoms with van der Waals surface area (Å²) in [6, 6.07) is 16.4. The maximum atomic E-state index is 13.2. The van der Waals surface area contributed by atoms with Crippen LogP contribution in [0, 0.1) is 0 Å². The monoisotopic (exact) mass is 452 g/mol. The molecule has 2 aliphatic rings. The van der Waals surface area contributed by atoms with Crippen LogP contribution in [0.1, 0.15) is 41.1 Å². The molecule has 1 unspecified atom stereocenters. The first-order valence-corrected chi connectivity index (χ1v) is 12.1. The molecule has 3 aromatic heterocycles. The molecule has 5 heterocycles. The summed E-state index contributed by atoms with van der Waals surface area (Å²) in [4.78, 5) is 34.7. The van der Waals surface area contributed by atoms with Crippen molar-refractivity contribution in [1.29, 1.82) is 0 Å². The fourth-order valence-electron chi connectivity index (χ4n) is 5.24. The number of rotatable bonds is 4. The molecule has 1 atom stereocenters. The first-order valence-electron chi connectivity index (χ1n) is 12.1. The summed E-state index contributed by atoms with van der Waals surface area (Å²) >= 11 is 0. The number of carbonyl (C=O) groups excluding carboxylic acids is 1. The van der Waals surface area contributed by atoms with Crippen molar-refractivity contribution in [3.8, 4) is 11.4 Å². The number of hydrogen-bond donors (Lipinski definition) is 1. The summed E-state index contributed by atoms with van der Waals surface area (Å²) in [6.45, 7) is 3.80. The number of benzene rings is 1. The Balaban J connectivity index is 1.19. The molecule has 7 nitrogen and oxygen atoms in total. The number of fused-ring (bicyclic) bond motifs is 2. The van der Waals surface area contributed by atoms with E-state index in [-0.39, 0.29) is 5.91 Å². The molecule has 6 rings (SSSR count). The lowest BCUT2D eigenvalue weighted by molar-refractivity contribution is 0.0369. The van der Waals surface area contributed by atoms with E-state index < -0.39 is 0 Å². The van der Waals surface area contributed by atoms with Crippen LogP contribution < -0.4 is 0 Å². The highest BCUT2D eigenvalue weighted by molar-refractivity contribution is 5.98. The smallest absolute Gasteiger partial charge is 0.270 e. The lowest BCUT2D eigenvalue weighted by Gasteiger charge is -2.43. The minimum atomic E-state index is 0.106. The Morgan fingerprint density at radius 1 is 0.971 bits per heavy atom. The summed E-state index contributed by atoms with van der Waals surface area (Å²) in [5.74, 6) is 0.856. The van der Waals surface area contributed by atoms with Gasteiger partial charge in [-0.2, -0.15) is 0 Å². The highest BCUT2D eigenvalue weighted by Gasteiger charge is 2.31. The zero-order valence-corrected chi connectivity index (χ0v) is 19.2. The third kappa shape index (κ3) is 4.19. The molecule has 0 bridgehead atoms. The lowest BCUT2D eigenvalue weighted by Crippen LogP contribution is -2.56. The van der Waals surface area contributed by atoms with Gasteiger partial charge >= 0.3 is 0 Å². The Morgan fingerprint density at radius 3 is 2.85 bits per heavy atom. The van der Waals surface area contributed by atoms with Crippen molar-refractivity contribution in [3.05, 3.63) is 78.0 Å². The zero-order valence-electron chi connectivity index (χ0n) is 19.2. The molecule has 0 radical (unpaired) electrons. The predicted molar refractivity (Wildman–Crippen MR) is 131 cm³/mol. The van der Waals surface area contributed by atoms with Gasteiger partial charge in [0.15, 0.2) is 0 Å². The van der Waals surface area contributed by atoms with Crippen molar-refractivity contribution < 1.29 is 4.79 Å². The van der Waals surface area contributed by atoms with Crippen molar-refractivity contribution >= 4 is 16.8 Å². The fraction of sp³-hybridized carbons (Fsp3) is 0.333. The van der Waals surface area contributed by atoms with Gasteiger partial charge in [0, 0.05) is 55.4 Å². The third-order valence-electron chi connectivity index (χ3n) is 7.04. The van der Waals surface area contributed by atoms with Crippen LogP contribution >= 0.6 is 0 Å². The Labute approximate surface area is 198 Å². The van der Waals surface area contributed by atoms with Crippen molar-refractivity contribution in [1.82, 2.24) is 29.7 Å². The van der Waals surface area contributed by atoms with Crippen molar-refractivity contribution in [2.75, 3.05) is 26.2 Å². The first kappa shape index (κ1) is 21.0. The van der Waals surface area contributed by atoms with E-state index >= 15 is 0 Å². The second kappa shape index (κ2) is 8.99. The summed E-state index contributed by atoms with van der Waals surface area (Å²) in [5.41, 5.74) is 4.42. The van der Waals surface area contributed by atoms with E-state index in [1.807, 2.05) is 41.3 Å². The Kier molecular flexibility index (Phi) is 5.55. The molecular formula is C27H28N6O. The average molecular weight is 453 g/mol. The highest BCUT2D eigenvalue weighted by atomic mass is 16.2. The number of carbonyl (C=O) groups is 1. The minimum absolute atomic E-state index is 0.106. The third-order valence-corrected chi connectivity index (χ3v) is 7.04. The van der Waals surface area contributed by atoms with Crippen LogP contribution in [0.5, 0.6) is 0 Å². The van der Waals surface area contributed by atoms with Gasteiger partial charge in [0.2, 0.25) is 0 Å². The van der Waals surface area contributed by atoms with E-state index in [0.717, 1.165) is 53.3 Å². The number of hydrogen-bond acceptors (Lipinski definition) is 5. The van der Waals surface area contributed by atoms with Gasteiger partial charge < -0.3 is 9.88 Å². The van der Waals surface area contributed by atoms with Gasteiger partial charge in [-0.15, -0.1) is 0 Å². The molecule has 1 N–H and O–H groups in total. The second-order valence-electron chi connectivity index (χ2n) is 9.29. The van der Waals surface area contributed by atoms with Gasteiger partial charge in [0.1, 0.15) is 11.5 Å². The Morgan fingerprint density at radius 2 is 1.94 bits per heavy atom. The number of piperidine rings is 1. The van der Waals surface area contributed by atoms with Crippen molar-refractivity contribution in [3.63, 3.8) is 0 Å². The molecule has 1 aromatic carbocycles. The molecule has 7 heteroatoms. The summed E-state index contributed by atoms with van der Waals surface area (Å²) in [7, 11) is 0. The largest absolute Gasteiger partial charge is 0.351 e. The predicted octanol–water partition coefficient (Wildman–Crippen LogP) is 3.92. The summed E-state index contributed by atoms with van der Waals surface area (Å²) in [5, 5.41) is 1.04. The zero-order chi connectivity index (χ0) is 22.9. The minimum Gasteiger partial charge on any atom is -0.351 e. The second-order valence-corrected chi connectivity index (χ2v) is 9.29. The van der Waals surface area contributed by atoms with Crippen LogP contribution in [0.2, 0.25) is 0 Å². The number of piperazine rings is 1. The van der Waals surface area contributed by atoms with Gasteiger partial charge in [-0.05, 0) is 61.3 Å². The van der Waals surface area contributed by atoms with Crippen LogP contribution in [0.4, 0.5) is 0 Å². The number of amides is 1. The molecule has 4 aromatic rings. The molecular weight excluding hydrogens is 424 g/mol.